The van der Waals surface area contributed by atoms with Crippen molar-refractivity contribution in [2.24, 2.45) is 5.92 Å². The maximum absolute atomic E-state index is 13.4. The number of benzene rings is 1. The highest BCUT2D eigenvalue weighted by Crippen LogP contribution is 2.29. The minimum Gasteiger partial charge on any atom is -0.307 e. The molecule has 1 aliphatic rings. The molecule has 0 bridgehead atoms. The fourth-order valence-corrected chi connectivity index (χ4v) is 2.98. The van der Waals surface area contributed by atoms with Gasteiger partial charge in [0, 0.05) is 12.1 Å². The lowest BCUT2D eigenvalue weighted by Gasteiger charge is -2.25. The summed E-state index contributed by atoms with van der Waals surface area (Å²) in [5.74, 6) is 0.431. The molecule has 1 saturated carbocycles. The van der Waals surface area contributed by atoms with Gasteiger partial charge >= 0.3 is 0 Å². The summed E-state index contributed by atoms with van der Waals surface area (Å²) in [6, 6.07) is 5.70. The highest BCUT2D eigenvalue weighted by molar-refractivity contribution is 6.30. The molecular weight excluding hydrogens is 249 g/mol. The topological polar surface area (TPSA) is 12.0 Å². The number of halogens is 2. The first-order chi connectivity index (χ1) is 8.58. The van der Waals surface area contributed by atoms with E-state index in [0.717, 1.165) is 11.5 Å². The Labute approximate surface area is 114 Å². The van der Waals surface area contributed by atoms with Crippen LogP contribution in [0.25, 0.3) is 0 Å². The molecule has 0 aromatic heterocycles. The van der Waals surface area contributed by atoms with Gasteiger partial charge in [-0.05, 0) is 50.3 Å². The van der Waals surface area contributed by atoms with Gasteiger partial charge in [0.05, 0.1) is 5.02 Å². The molecule has 18 heavy (non-hydrogen) atoms. The summed E-state index contributed by atoms with van der Waals surface area (Å²) in [7, 11) is 0. The maximum Gasteiger partial charge on any atom is 0.142 e. The van der Waals surface area contributed by atoms with Crippen LogP contribution in [-0.2, 0) is 0 Å². The highest BCUT2D eigenvalue weighted by atomic mass is 35.5. The van der Waals surface area contributed by atoms with Crippen LogP contribution < -0.4 is 5.32 Å². The van der Waals surface area contributed by atoms with E-state index >= 15 is 0 Å². The molecule has 100 valence electrons. The number of hydrogen-bond donors (Lipinski definition) is 1. The predicted octanol–water partition coefficient (Wildman–Crippen LogP) is 4.71. The smallest absolute Gasteiger partial charge is 0.142 e. The Kier molecular flexibility index (Phi) is 4.63. The summed E-state index contributed by atoms with van der Waals surface area (Å²) in [4.78, 5) is 0. The quantitative estimate of drug-likeness (QED) is 0.835. The second-order valence-corrected chi connectivity index (χ2v) is 5.80. The van der Waals surface area contributed by atoms with Crippen LogP contribution in [0.5, 0.6) is 0 Å². The molecule has 1 N–H and O–H groups in total. The number of rotatable bonds is 4. The largest absolute Gasteiger partial charge is 0.307 e. The van der Waals surface area contributed by atoms with Gasteiger partial charge in [0.1, 0.15) is 5.82 Å². The van der Waals surface area contributed by atoms with Crippen LogP contribution in [0.1, 0.15) is 51.1 Å². The lowest BCUT2D eigenvalue weighted by atomic mass is 9.98. The third-order valence-corrected chi connectivity index (χ3v) is 4.37. The average Bonchev–Trinajstić information content (AvgIpc) is 2.86. The summed E-state index contributed by atoms with van der Waals surface area (Å²) in [5, 5.41) is 3.76. The Bertz CT molecular complexity index is 401. The van der Waals surface area contributed by atoms with E-state index < -0.39 is 0 Å². The molecule has 0 radical (unpaired) electrons. The van der Waals surface area contributed by atoms with Gasteiger partial charge in [0.2, 0.25) is 0 Å². The molecule has 0 heterocycles. The molecule has 0 aliphatic heterocycles. The molecular formula is C15H21ClFN. The Morgan fingerprint density at radius 3 is 2.56 bits per heavy atom. The van der Waals surface area contributed by atoms with Gasteiger partial charge in [0.15, 0.2) is 0 Å². The summed E-state index contributed by atoms with van der Waals surface area (Å²) >= 11 is 5.70. The van der Waals surface area contributed by atoms with E-state index in [1.54, 1.807) is 6.07 Å². The van der Waals surface area contributed by atoms with Crippen molar-refractivity contribution < 1.29 is 4.39 Å². The third kappa shape index (κ3) is 3.24. The van der Waals surface area contributed by atoms with E-state index in [1.165, 1.54) is 31.7 Å². The molecule has 0 saturated heterocycles. The van der Waals surface area contributed by atoms with Gasteiger partial charge < -0.3 is 5.32 Å². The molecule has 1 fully saturated rings. The van der Waals surface area contributed by atoms with E-state index in [0.29, 0.717) is 6.04 Å². The molecule has 2 rings (SSSR count). The fourth-order valence-electron chi connectivity index (χ4n) is 2.87. The second-order valence-electron chi connectivity index (χ2n) is 5.40. The standard InChI is InChI=1S/C15H21ClFN/c1-10(12-5-3-4-6-12)18-11(2)13-7-8-14(16)15(17)9-13/h7-12,18H,3-6H2,1-2H3/t10-,11?/m1/s1. The van der Waals surface area contributed by atoms with Crippen LogP contribution in [0.15, 0.2) is 18.2 Å². The van der Waals surface area contributed by atoms with E-state index in [1.807, 2.05) is 6.07 Å². The molecule has 1 nitrogen and oxygen atoms in total. The van der Waals surface area contributed by atoms with Crippen LogP contribution >= 0.6 is 11.6 Å². The zero-order valence-electron chi connectivity index (χ0n) is 11.0. The Morgan fingerprint density at radius 2 is 1.94 bits per heavy atom. The minimum atomic E-state index is -0.337. The van der Waals surface area contributed by atoms with Crippen LogP contribution in [0.3, 0.4) is 0 Å². The SMILES string of the molecule is CC(N[C@H](C)C1CCCC1)c1ccc(Cl)c(F)c1. The van der Waals surface area contributed by atoms with Crippen molar-refractivity contribution in [1.82, 2.24) is 5.32 Å². The zero-order valence-corrected chi connectivity index (χ0v) is 11.8. The van der Waals surface area contributed by atoms with Gasteiger partial charge in [-0.25, -0.2) is 4.39 Å². The van der Waals surface area contributed by atoms with Crippen LogP contribution in [0, 0.1) is 11.7 Å². The van der Waals surface area contributed by atoms with Crippen molar-refractivity contribution in [1.29, 1.82) is 0 Å². The maximum atomic E-state index is 13.4. The Hall–Kier alpha value is -0.600. The van der Waals surface area contributed by atoms with Gasteiger partial charge in [-0.3, -0.25) is 0 Å². The number of nitrogens with one attached hydrogen (secondary N) is 1. The second kappa shape index (κ2) is 6.03. The van der Waals surface area contributed by atoms with Crippen molar-refractivity contribution in [2.75, 3.05) is 0 Å². The first-order valence-electron chi connectivity index (χ1n) is 6.79. The minimum absolute atomic E-state index is 0.160. The molecule has 3 heteroatoms. The monoisotopic (exact) mass is 269 g/mol. The first kappa shape index (κ1) is 13.8. The molecule has 0 amide bonds. The summed E-state index contributed by atoms with van der Waals surface area (Å²) < 4.78 is 13.4. The molecule has 1 aliphatic carbocycles. The normalized spacial score (nSPS) is 20.0. The summed E-state index contributed by atoms with van der Waals surface area (Å²) in [6.45, 7) is 4.31. The fraction of sp³-hybridized carbons (Fsp3) is 0.600. The lowest BCUT2D eigenvalue weighted by Crippen LogP contribution is -2.34. The van der Waals surface area contributed by atoms with Crippen molar-refractivity contribution in [3.05, 3.63) is 34.6 Å². The molecule has 0 spiro atoms. The van der Waals surface area contributed by atoms with Crippen molar-refractivity contribution >= 4 is 11.6 Å². The van der Waals surface area contributed by atoms with Gasteiger partial charge in [-0.1, -0.05) is 30.5 Å². The van der Waals surface area contributed by atoms with Gasteiger partial charge in [0.25, 0.3) is 0 Å². The Morgan fingerprint density at radius 1 is 1.28 bits per heavy atom. The Balaban J connectivity index is 1.97. The molecule has 1 unspecified atom stereocenters. The molecule has 1 aromatic rings. The number of hydrogen-bond acceptors (Lipinski definition) is 1. The molecule has 1 aromatic carbocycles. The van der Waals surface area contributed by atoms with E-state index in [-0.39, 0.29) is 16.9 Å². The summed E-state index contributed by atoms with van der Waals surface area (Å²) in [6.07, 6.45) is 5.33. The zero-order chi connectivity index (χ0) is 13.1. The highest BCUT2D eigenvalue weighted by Gasteiger charge is 2.22. The van der Waals surface area contributed by atoms with Crippen molar-refractivity contribution in [2.45, 2.75) is 51.6 Å². The predicted molar refractivity (Wildman–Crippen MR) is 74.4 cm³/mol. The third-order valence-electron chi connectivity index (χ3n) is 4.06. The van der Waals surface area contributed by atoms with Crippen LogP contribution in [0.4, 0.5) is 4.39 Å². The van der Waals surface area contributed by atoms with Crippen LogP contribution in [-0.4, -0.2) is 6.04 Å². The average molecular weight is 270 g/mol. The van der Waals surface area contributed by atoms with E-state index in [9.17, 15) is 4.39 Å². The lowest BCUT2D eigenvalue weighted by molar-refractivity contribution is 0.352. The molecule has 2 atom stereocenters. The van der Waals surface area contributed by atoms with Gasteiger partial charge in [-0.2, -0.15) is 0 Å². The van der Waals surface area contributed by atoms with Crippen molar-refractivity contribution in [3.8, 4) is 0 Å². The van der Waals surface area contributed by atoms with E-state index in [4.69, 9.17) is 11.6 Å². The van der Waals surface area contributed by atoms with Gasteiger partial charge in [-0.15, -0.1) is 0 Å². The van der Waals surface area contributed by atoms with E-state index in [2.05, 4.69) is 19.2 Å². The first-order valence-corrected chi connectivity index (χ1v) is 7.16. The van der Waals surface area contributed by atoms with Crippen LogP contribution in [0.2, 0.25) is 5.02 Å². The van der Waals surface area contributed by atoms with Crippen molar-refractivity contribution in [3.63, 3.8) is 0 Å². The summed E-state index contributed by atoms with van der Waals surface area (Å²) in [5.41, 5.74) is 0.960.